The van der Waals surface area contributed by atoms with E-state index in [0.717, 1.165) is 44.9 Å². The molecule has 0 aromatic rings. The summed E-state index contributed by atoms with van der Waals surface area (Å²) in [5.41, 5.74) is 0. The van der Waals surface area contributed by atoms with Crippen molar-refractivity contribution in [2.45, 2.75) is 431 Å². The van der Waals surface area contributed by atoms with Crippen molar-refractivity contribution >= 4 is 19.8 Å². The van der Waals surface area contributed by atoms with Crippen molar-refractivity contribution in [2.24, 2.45) is 0 Å². The highest BCUT2D eigenvalue weighted by Crippen LogP contribution is 2.38. The van der Waals surface area contributed by atoms with Gasteiger partial charge in [-0.2, -0.15) is 0 Å². The van der Waals surface area contributed by atoms with Crippen molar-refractivity contribution in [3.8, 4) is 0 Å². The van der Waals surface area contributed by atoms with Gasteiger partial charge in [-0.15, -0.1) is 0 Å². The minimum atomic E-state index is -4.64. The van der Waals surface area contributed by atoms with E-state index in [2.05, 4.69) is 62.5 Å². The summed E-state index contributed by atoms with van der Waals surface area (Å²) >= 11 is 0. The number of phosphoric acid groups is 1. The number of ether oxygens (including phenoxy) is 2. The fourth-order valence-corrected chi connectivity index (χ4v) is 13.2. The molecule has 0 spiro atoms. The van der Waals surface area contributed by atoms with Gasteiger partial charge in [0.1, 0.15) is 19.8 Å². The van der Waals surface area contributed by atoms with E-state index in [9.17, 15) is 19.0 Å². The maximum atomic E-state index is 12.9. The monoisotopic (exact) mass is 1340 g/mol. The first-order chi connectivity index (χ1) is 46.0. The van der Waals surface area contributed by atoms with Crippen LogP contribution in [0.25, 0.3) is 0 Å². The molecule has 0 aromatic carbocycles. The second kappa shape index (κ2) is 75.2. The van der Waals surface area contributed by atoms with Gasteiger partial charge >= 0.3 is 11.9 Å². The molecule has 0 saturated heterocycles. The number of esters is 2. The third-order valence-corrected chi connectivity index (χ3v) is 19.8. The van der Waals surface area contributed by atoms with Crippen LogP contribution in [0.15, 0.2) is 48.6 Å². The van der Waals surface area contributed by atoms with Gasteiger partial charge in [0.2, 0.25) is 0 Å². The van der Waals surface area contributed by atoms with Crippen molar-refractivity contribution < 1.29 is 42.1 Å². The molecule has 0 amide bonds. The average Bonchev–Trinajstić information content (AvgIpc) is 1.56. The van der Waals surface area contributed by atoms with E-state index >= 15 is 0 Å². The Bertz CT molecular complexity index is 1720. The average molecular weight is 1340 g/mol. The second-order valence-corrected chi connectivity index (χ2v) is 30.9. The first-order valence-electron chi connectivity index (χ1n) is 41.3. The van der Waals surface area contributed by atoms with Crippen molar-refractivity contribution in [1.82, 2.24) is 0 Å². The number of unbranched alkanes of at least 4 members (excludes halogenated alkanes) is 56. The van der Waals surface area contributed by atoms with E-state index in [1.165, 1.54) is 347 Å². The zero-order valence-corrected chi connectivity index (χ0v) is 64.3. The summed E-state index contributed by atoms with van der Waals surface area (Å²) in [5.74, 6) is -0.809. The van der Waals surface area contributed by atoms with Gasteiger partial charge in [-0.3, -0.25) is 14.2 Å². The molecule has 554 valence electrons. The number of hydrogen-bond acceptors (Lipinski definition) is 8. The Balaban J connectivity index is 3.90. The summed E-state index contributed by atoms with van der Waals surface area (Å²) in [6.07, 6.45) is 99.6. The van der Waals surface area contributed by atoms with Crippen LogP contribution in [0.4, 0.5) is 0 Å². The maximum absolute atomic E-state index is 12.9. The Hall–Kier alpha value is -2.03. The molecule has 0 fully saturated rings. The number of carbonyl (C=O) groups excluding carboxylic acids is 2. The maximum Gasteiger partial charge on any atom is 0.306 e. The lowest BCUT2D eigenvalue weighted by Crippen LogP contribution is -2.37. The van der Waals surface area contributed by atoms with Crippen LogP contribution in [-0.4, -0.2) is 70.0 Å². The molecule has 0 heterocycles. The Morgan fingerprint density at radius 1 is 0.330 bits per heavy atom. The van der Waals surface area contributed by atoms with Crippen LogP contribution in [0.5, 0.6) is 0 Å². The van der Waals surface area contributed by atoms with Gasteiger partial charge in [0, 0.05) is 12.8 Å². The van der Waals surface area contributed by atoms with Gasteiger partial charge in [-0.1, -0.05) is 383 Å². The summed E-state index contributed by atoms with van der Waals surface area (Å²) in [6, 6.07) is 0. The molecule has 0 aliphatic rings. The first-order valence-corrected chi connectivity index (χ1v) is 42.8. The molecular weight excluding hydrogens is 1180 g/mol. The Kier molecular flexibility index (Phi) is 73.6. The number of hydrogen-bond donors (Lipinski definition) is 0. The smallest absolute Gasteiger partial charge is 0.306 e. The molecule has 9 nitrogen and oxygen atoms in total. The van der Waals surface area contributed by atoms with Crippen molar-refractivity contribution in [1.29, 1.82) is 0 Å². The summed E-state index contributed by atoms with van der Waals surface area (Å²) < 4.78 is 34.4. The quantitative estimate of drug-likeness (QED) is 0.0195. The van der Waals surface area contributed by atoms with E-state index in [1.54, 1.807) is 0 Å². The van der Waals surface area contributed by atoms with E-state index < -0.39 is 26.5 Å². The van der Waals surface area contributed by atoms with E-state index in [4.69, 9.17) is 18.5 Å². The van der Waals surface area contributed by atoms with Crippen molar-refractivity contribution in [3.05, 3.63) is 48.6 Å². The number of phosphoric ester groups is 1. The van der Waals surface area contributed by atoms with Crippen LogP contribution >= 0.6 is 7.82 Å². The molecule has 0 rings (SSSR count). The molecule has 0 aromatic heterocycles. The summed E-state index contributed by atoms with van der Waals surface area (Å²) in [4.78, 5) is 38.2. The lowest BCUT2D eigenvalue weighted by atomic mass is 10.0. The molecule has 94 heavy (non-hydrogen) atoms. The Morgan fingerprint density at radius 3 is 0.862 bits per heavy atom. The molecule has 0 radical (unpaired) electrons. The standard InChI is InChI=1S/C84H160NO8P/c1-6-8-10-12-14-16-18-20-22-24-26-28-30-32-34-36-38-40-41-42-43-45-46-48-50-52-54-56-58-60-62-64-66-68-70-72-74-76-83(86)90-80-82(81-92-94(88,89)91-79-78-85(3,4)5)93-84(87)77-75-73-71-69-67-65-63-61-59-57-55-53-51-49-47-44-39-37-35-33-31-29-27-25-23-21-19-17-15-13-11-9-7-2/h19,21,24-27,31,33,82H,6-18,20,22-23,28-30,32,34-81H2,1-5H3/b21-19-,26-24-,27-25-,33-31-. The van der Waals surface area contributed by atoms with Gasteiger partial charge in [-0.25, -0.2) is 0 Å². The third-order valence-electron chi connectivity index (χ3n) is 18.8. The lowest BCUT2D eigenvalue weighted by Gasteiger charge is -2.28. The largest absolute Gasteiger partial charge is 0.756 e. The lowest BCUT2D eigenvalue weighted by molar-refractivity contribution is -0.870. The fraction of sp³-hybridized carbons (Fsp3) is 0.881. The van der Waals surface area contributed by atoms with Crippen molar-refractivity contribution in [2.75, 3.05) is 47.5 Å². The number of carbonyl (C=O) groups is 2. The molecule has 0 aliphatic carbocycles. The molecule has 10 heteroatoms. The summed E-state index contributed by atoms with van der Waals surface area (Å²) in [7, 11) is 1.19. The molecule has 0 saturated carbocycles. The highest BCUT2D eigenvalue weighted by Gasteiger charge is 2.22. The number of nitrogens with zero attached hydrogens (tertiary/aromatic N) is 1. The molecule has 2 atom stereocenters. The van der Waals surface area contributed by atoms with E-state index in [1.807, 2.05) is 21.1 Å². The van der Waals surface area contributed by atoms with Crippen LogP contribution in [0.3, 0.4) is 0 Å². The minimum absolute atomic E-state index is 0.0282. The summed E-state index contributed by atoms with van der Waals surface area (Å²) in [6.45, 7) is 4.30. The minimum Gasteiger partial charge on any atom is -0.756 e. The van der Waals surface area contributed by atoms with Gasteiger partial charge in [0.25, 0.3) is 7.82 Å². The highest BCUT2D eigenvalue weighted by molar-refractivity contribution is 7.45. The van der Waals surface area contributed by atoms with Gasteiger partial charge in [0.05, 0.1) is 27.7 Å². The molecular formula is C84H160NO8P. The van der Waals surface area contributed by atoms with E-state index in [-0.39, 0.29) is 32.0 Å². The molecule has 0 N–H and O–H groups in total. The molecule has 0 aliphatic heterocycles. The number of allylic oxidation sites excluding steroid dienone is 8. The predicted octanol–water partition coefficient (Wildman–Crippen LogP) is 26.9. The molecule has 2 unspecified atom stereocenters. The van der Waals surface area contributed by atoms with Crippen LogP contribution in [0.1, 0.15) is 425 Å². The first kappa shape index (κ1) is 92.0. The second-order valence-electron chi connectivity index (χ2n) is 29.5. The Labute approximate surface area is 585 Å². The molecule has 0 bridgehead atoms. The number of likely N-dealkylation sites (N-methyl/N-ethyl adjacent to an activating group) is 1. The van der Waals surface area contributed by atoms with Crippen LogP contribution < -0.4 is 4.89 Å². The fourth-order valence-electron chi connectivity index (χ4n) is 12.5. The normalized spacial score (nSPS) is 13.2. The third kappa shape index (κ3) is 79.0. The van der Waals surface area contributed by atoms with E-state index in [0.29, 0.717) is 17.4 Å². The van der Waals surface area contributed by atoms with Crippen LogP contribution in [0.2, 0.25) is 0 Å². The summed E-state index contributed by atoms with van der Waals surface area (Å²) in [5, 5.41) is 0. The topological polar surface area (TPSA) is 111 Å². The zero-order chi connectivity index (χ0) is 68.3. The van der Waals surface area contributed by atoms with Gasteiger partial charge in [-0.05, 0) is 77.0 Å². The highest BCUT2D eigenvalue weighted by atomic mass is 31.2. The predicted molar refractivity (Wildman–Crippen MR) is 407 cm³/mol. The van der Waals surface area contributed by atoms with Crippen molar-refractivity contribution in [3.63, 3.8) is 0 Å². The van der Waals surface area contributed by atoms with Crippen LogP contribution in [-0.2, 0) is 32.7 Å². The SMILES string of the molecule is CCCCCCC/C=C\C/C=C\C/C=C\CCCCCCCCCCCCCCCCCCCCC(=O)OC(COC(=O)CCCCCCCCCCCCCCCCCCCCCCCCCCC/C=C\CCCCCCCCCC)COP(=O)([O-])OCC[N+](C)(C)C. The van der Waals surface area contributed by atoms with Gasteiger partial charge in [0.15, 0.2) is 6.10 Å². The van der Waals surface area contributed by atoms with Gasteiger partial charge < -0.3 is 27.9 Å². The zero-order valence-electron chi connectivity index (χ0n) is 63.4. The Morgan fingerprint density at radius 2 is 0.574 bits per heavy atom. The van der Waals surface area contributed by atoms with Crippen LogP contribution in [0, 0.1) is 0 Å². The number of quaternary nitrogens is 1. The number of rotatable bonds is 78.